The van der Waals surface area contributed by atoms with Crippen LogP contribution in [0.4, 0.5) is 10.1 Å². The van der Waals surface area contributed by atoms with Gasteiger partial charge in [-0.2, -0.15) is 0 Å². The van der Waals surface area contributed by atoms with Gasteiger partial charge in [0.05, 0.1) is 0 Å². The van der Waals surface area contributed by atoms with E-state index in [-0.39, 0.29) is 23.8 Å². The molecule has 3 rings (SSSR count). The van der Waals surface area contributed by atoms with E-state index in [0.29, 0.717) is 6.42 Å². The number of aryl methyl sites for hydroxylation is 1. The number of hydrogen-bond donors (Lipinski definition) is 3. The summed E-state index contributed by atoms with van der Waals surface area (Å²) in [6.07, 6.45) is 4.03. The lowest BCUT2D eigenvalue weighted by Gasteiger charge is -2.11. The zero-order valence-corrected chi connectivity index (χ0v) is 14.4. The van der Waals surface area contributed by atoms with E-state index in [0.717, 1.165) is 17.7 Å². The van der Waals surface area contributed by atoms with Gasteiger partial charge in [-0.1, -0.05) is 37.6 Å². The molecule has 1 fully saturated rings. The standard InChI is InChI=1S/C20H24FN3O/c1-2-3-4-14-5-11-17(12-6-14)22-20(25)19-13-18(23-24-19)15-7-9-16(21)10-8-15/h5-12,18-19,23-24H,2-4,13H2,1H3,(H,22,25). The van der Waals surface area contributed by atoms with Crippen molar-refractivity contribution in [2.45, 2.75) is 44.7 Å². The van der Waals surface area contributed by atoms with Gasteiger partial charge in [0, 0.05) is 11.7 Å². The topological polar surface area (TPSA) is 53.2 Å². The summed E-state index contributed by atoms with van der Waals surface area (Å²) in [4.78, 5) is 12.4. The van der Waals surface area contributed by atoms with Gasteiger partial charge in [-0.25, -0.2) is 15.2 Å². The number of benzene rings is 2. The molecule has 5 heteroatoms. The second kappa shape index (κ2) is 8.23. The zero-order chi connectivity index (χ0) is 17.6. The Morgan fingerprint density at radius 1 is 1.12 bits per heavy atom. The summed E-state index contributed by atoms with van der Waals surface area (Å²) >= 11 is 0. The van der Waals surface area contributed by atoms with Crippen molar-refractivity contribution in [3.63, 3.8) is 0 Å². The molecule has 2 aromatic rings. The lowest BCUT2D eigenvalue weighted by atomic mass is 10.0. The highest BCUT2D eigenvalue weighted by atomic mass is 19.1. The fourth-order valence-corrected chi connectivity index (χ4v) is 3.01. The first-order chi connectivity index (χ1) is 12.2. The summed E-state index contributed by atoms with van der Waals surface area (Å²) in [6.45, 7) is 2.18. The van der Waals surface area contributed by atoms with Crippen LogP contribution in [0.5, 0.6) is 0 Å². The van der Waals surface area contributed by atoms with E-state index in [1.165, 1.54) is 30.5 Å². The molecule has 0 saturated carbocycles. The molecule has 0 aromatic heterocycles. The van der Waals surface area contributed by atoms with Gasteiger partial charge in [0.25, 0.3) is 0 Å². The summed E-state index contributed by atoms with van der Waals surface area (Å²) in [5.74, 6) is -0.329. The molecule has 132 valence electrons. The number of rotatable bonds is 6. The third-order valence-electron chi connectivity index (χ3n) is 4.53. The number of unbranched alkanes of at least 4 members (excludes halogenated alkanes) is 1. The van der Waals surface area contributed by atoms with E-state index in [1.807, 2.05) is 12.1 Å². The van der Waals surface area contributed by atoms with E-state index >= 15 is 0 Å². The third kappa shape index (κ3) is 4.65. The minimum atomic E-state index is -0.324. The van der Waals surface area contributed by atoms with Gasteiger partial charge in [0.1, 0.15) is 11.9 Å². The van der Waals surface area contributed by atoms with Crippen molar-refractivity contribution in [1.82, 2.24) is 10.9 Å². The van der Waals surface area contributed by atoms with Crippen molar-refractivity contribution in [1.29, 1.82) is 0 Å². The first-order valence-electron chi connectivity index (χ1n) is 8.82. The first-order valence-corrected chi connectivity index (χ1v) is 8.82. The molecule has 1 aliphatic rings. The van der Waals surface area contributed by atoms with Gasteiger partial charge in [-0.3, -0.25) is 4.79 Å². The van der Waals surface area contributed by atoms with Crippen LogP contribution in [0, 0.1) is 5.82 Å². The minimum absolute atomic E-state index is 0.00669. The molecule has 1 heterocycles. The van der Waals surface area contributed by atoms with Crippen LogP contribution in [-0.2, 0) is 11.2 Å². The number of carbonyl (C=O) groups is 1. The first kappa shape index (κ1) is 17.6. The maximum atomic E-state index is 13.0. The van der Waals surface area contributed by atoms with Crippen LogP contribution in [0.3, 0.4) is 0 Å². The van der Waals surface area contributed by atoms with Gasteiger partial charge < -0.3 is 5.32 Å². The third-order valence-corrected chi connectivity index (χ3v) is 4.53. The maximum Gasteiger partial charge on any atom is 0.242 e. The summed E-state index contributed by atoms with van der Waals surface area (Å²) in [5.41, 5.74) is 9.19. The van der Waals surface area contributed by atoms with Crippen molar-refractivity contribution in [2.24, 2.45) is 0 Å². The summed E-state index contributed by atoms with van der Waals surface area (Å²) in [7, 11) is 0. The molecule has 2 unspecified atom stereocenters. The molecule has 0 radical (unpaired) electrons. The molecule has 4 nitrogen and oxygen atoms in total. The Morgan fingerprint density at radius 2 is 1.84 bits per heavy atom. The highest BCUT2D eigenvalue weighted by molar-refractivity contribution is 5.95. The van der Waals surface area contributed by atoms with Gasteiger partial charge in [-0.05, 0) is 54.7 Å². The maximum absolute atomic E-state index is 13.0. The van der Waals surface area contributed by atoms with E-state index in [9.17, 15) is 9.18 Å². The molecule has 1 amide bonds. The van der Waals surface area contributed by atoms with Crippen LogP contribution < -0.4 is 16.2 Å². The van der Waals surface area contributed by atoms with Gasteiger partial charge in [0.2, 0.25) is 5.91 Å². The number of carbonyl (C=O) groups excluding carboxylic acids is 1. The predicted octanol–water partition coefficient (Wildman–Crippen LogP) is 3.71. The number of anilines is 1. The van der Waals surface area contributed by atoms with Crippen LogP contribution in [-0.4, -0.2) is 11.9 Å². The number of hydrazine groups is 1. The Kier molecular flexibility index (Phi) is 5.79. The molecular formula is C20H24FN3O. The number of halogens is 1. The van der Waals surface area contributed by atoms with Crippen molar-refractivity contribution in [3.05, 3.63) is 65.5 Å². The van der Waals surface area contributed by atoms with E-state index in [4.69, 9.17) is 0 Å². The molecule has 2 atom stereocenters. The van der Waals surface area contributed by atoms with E-state index in [1.54, 1.807) is 12.1 Å². The molecule has 3 N–H and O–H groups in total. The summed E-state index contributed by atoms with van der Waals surface area (Å²) in [5, 5.41) is 2.95. The second-order valence-corrected chi connectivity index (χ2v) is 6.47. The lowest BCUT2D eigenvalue weighted by molar-refractivity contribution is -0.117. The van der Waals surface area contributed by atoms with E-state index in [2.05, 4.69) is 35.2 Å². The van der Waals surface area contributed by atoms with Crippen molar-refractivity contribution in [2.75, 3.05) is 5.32 Å². The lowest BCUT2D eigenvalue weighted by Crippen LogP contribution is -2.39. The number of nitrogens with one attached hydrogen (secondary N) is 3. The quantitative estimate of drug-likeness (QED) is 0.751. The highest BCUT2D eigenvalue weighted by Gasteiger charge is 2.30. The highest BCUT2D eigenvalue weighted by Crippen LogP contribution is 2.23. The molecule has 1 aliphatic heterocycles. The molecule has 0 bridgehead atoms. The van der Waals surface area contributed by atoms with Crippen LogP contribution in [0.1, 0.15) is 43.4 Å². The molecule has 0 aliphatic carbocycles. The Balaban J connectivity index is 1.54. The van der Waals surface area contributed by atoms with Gasteiger partial charge in [0.15, 0.2) is 0 Å². The monoisotopic (exact) mass is 341 g/mol. The Bertz CT molecular complexity index is 700. The van der Waals surface area contributed by atoms with Crippen molar-refractivity contribution in [3.8, 4) is 0 Å². The van der Waals surface area contributed by atoms with Gasteiger partial charge in [-0.15, -0.1) is 0 Å². The van der Waals surface area contributed by atoms with Crippen LogP contribution >= 0.6 is 0 Å². The smallest absolute Gasteiger partial charge is 0.242 e. The van der Waals surface area contributed by atoms with Crippen molar-refractivity contribution < 1.29 is 9.18 Å². The summed E-state index contributed by atoms with van der Waals surface area (Å²) < 4.78 is 13.0. The zero-order valence-electron chi connectivity index (χ0n) is 14.4. The van der Waals surface area contributed by atoms with Gasteiger partial charge >= 0.3 is 0 Å². The average Bonchev–Trinajstić information content (AvgIpc) is 3.12. The second-order valence-electron chi connectivity index (χ2n) is 6.47. The van der Waals surface area contributed by atoms with Crippen LogP contribution in [0.25, 0.3) is 0 Å². The Labute approximate surface area is 147 Å². The number of hydrogen-bond acceptors (Lipinski definition) is 3. The fraction of sp³-hybridized carbons (Fsp3) is 0.350. The van der Waals surface area contributed by atoms with Crippen LogP contribution in [0.2, 0.25) is 0 Å². The minimum Gasteiger partial charge on any atom is -0.325 e. The molecule has 0 spiro atoms. The predicted molar refractivity (Wildman–Crippen MR) is 97.5 cm³/mol. The summed E-state index contributed by atoms with van der Waals surface area (Å²) in [6, 6.07) is 14.0. The molecule has 1 saturated heterocycles. The van der Waals surface area contributed by atoms with Crippen LogP contribution in [0.15, 0.2) is 48.5 Å². The normalized spacial score (nSPS) is 19.8. The fourth-order valence-electron chi connectivity index (χ4n) is 3.01. The average molecular weight is 341 g/mol. The Morgan fingerprint density at radius 3 is 2.52 bits per heavy atom. The largest absolute Gasteiger partial charge is 0.325 e. The molecule has 2 aromatic carbocycles. The molecular weight excluding hydrogens is 317 g/mol. The molecule has 25 heavy (non-hydrogen) atoms. The SMILES string of the molecule is CCCCc1ccc(NC(=O)C2CC(c3ccc(F)cc3)NN2)cc1. The van der Waals surface area contributed by atoms with E-state index < -0.39 is 0 Å². The Hall–Kier alpha value is -2.24. The van der Waals surface area contributed by atoms with Crippen molar-refractivity contribution >= 4 is 11.6 Å². The number of amides is 1.